The number of aromatic nitrogens is 2. The summed E-state index contributed by atoms with van der Waals surface area (Å²) in [5.74, 6) is 0.815. The van der Waals surface area contributed by atoms with E-state index in [4.69, 9.17) is 32.7 Å². The summed E-state index contributed by atoms with van der Waals surface area (Å²) in [4.78, 5) is 12.3. The van der Waals surface area contributed by atoms with Crippen LogP contribution in [0.4, 0.5) is 0 Å². The third-order valence-corrected chi connectivity index (χ3v) is 4.61. The standard InChI is InChI=1S/C20H18Cl2N4O3/c1-28-16-5-6-19(29-2)14(9-16)11-23-24-20(27)18-7-8-26(25-18)12-13-3-4-15(21)10-17(13)22/h3-11H,12H2,1-2H3,(H,24,27). The lowest BCUT2D eigenvalue weighted by Crippen LogP contribution is -2.18. The lowest BCUT2D eigenvalue weighted by atomic mass is 10.2. The van der Waals surface area contributed by atoms with Crippen LogP contribution in [0, 0.1) is 0 Å². The first-order valence-corrected chi connectivity index (χ1v) is 9.28. The quantitative estimate of drug-likeness (QED) is 0.451. The molecule has 150 valence electrons. The van der Waals surface area contributed by atoms with E-state index >= 15 is 0 Å². The average Bonchev–Trinajstić information content (AvgIpc) is 3.18. The van der Waals surface area contributed by atoms with Crippen molar-refractivity contribution in [1.82, 2.24) is 15.2 Å². The molecule has 0 aliphatic heterocycles. The van der Waals surface area contributed by atoms with Crippen LogP contribution in [0.3, 0.4) is 0 Å². The number of carbonyl (C=O) groups excluding carboxylic acids is 1. The maximum Gasteiger partial charge on any atom is 0.291 e. The topological polar surface area (TPSA) is 77.7 Å². The molecule has 7 nitrogen and oxygen atoms in total. The van der Waals surface area contributed by atoms with E-state index in [1.54, 1.807) is 61.5 Å². The molecule has 3 aromatic rings. The zero-order valence-electron chi connectivity index (χ0n) is 15.7. The Morgan fingerprint density at radius 3 is 2.72 bits per heavy atom. The molecule has 1 heterocycles. The van der Waals surface area contributed by atoms with Crippen molar-refractivity contribution in [2.24, 2.45) is 5.10 Å². The monoisotopic (exact) mass is 432 g/mol. The van der Waals surface area contributed by atoms with Gasteiger partial charge in [-0.15, -0.1) is 0 Å². The van der Waals surface area contributed by atoms with E-state index in [2.05, 4.69) is 15.6 Å². The fourth-order valence-corrected chi connectivity index (χ4v) is 3.02. The van der Waals surface area contributed by atoms with Crippen LogP contribution in [0.1, 0.15) is 21.6 Å². The van der Waals surface area contributed by atoms with Crippen LogP contribution in [0.15, 0.2) is 53.8 Å². The second-order valence-corrected chi connectivity index (χ2v) is 6.78. The van der Waals surface area contributed by atoms with Gasteiger partial charge in [0.2, 0.25) is 0 Å². The molecule has 0 radical (unpaired) electrons. The fraction of sp³-hybridized carbons (Fsp3) is 0.150. The number of rotatable bonds is 7. The maximum absolute atomic E-state index is 12.3. The van der Waals surface area contributed by atoms with E-state index in [0.717, 1.165) is 5.56 Å². The first kappa shape index (κ1) is 20.7. The second kappa shape index (κ2) is 9.45. The minimum absolute atomic E-state index is 0.227. The number of hydrogen-bond donors (Lipinski definition) is 1. The summed E-state index contributed by atoms with van der Waals surface area (Å²) >= 11 is 12.1. The fourth-order valence-electron chi connectivity index (χ4n) is 2.55. The van der Waals surface area contributed by atoms with Gasteiger partial charge in [-0.1, -0.05) is 29.3 Å². The van der Waals surface area contributed by atoms with Gasteiger partial charge in [0.05, 0.1) is 27.0 Å². The predicted molar refractivity (Wildman–Crippen MR) is 112 cm³/mol. The van der Waals surface area contributed by atoms with Gasteiger partial charge in [-0.2, -0.15) is 10.2 Å². The van der Waals surface area contributed by atoms with Gasteiger partial charge in [-0.3, -0.25) is 9.48 Å². The molecule has 0 aliphatic carbocycles. The van der Waals surface area contributed by atoms with Gasteiger partial charge < -0.3 is 9.47 Å². The van der Waals surface area contributed by atoms with E-state index in [9.17, 15) is 4.79 Å². The Labute approximate surface area is 177 Å². The van der Waals surface area contributed by atoms with E-state index < -0.39 is 5.91 Å². The Hall–Kier alpha value is -3.03. The number of nitrogens with zero attached hydrogens (tertiary/aromatic N) is 3. The van der Waals surface area contributed by atoms with Gasteiger partial charge in [0.25, 0.3) is 5.91 Å². The number of benzene rings is 2. The number of halogens is 2. The molecule has 0 unspecified atom stereocenters. The van der Waals surface area contributed by atoms with Crippen LogP contribution in [-0.4, -0.2) is 36.1 Å². The van der Waals surface area contributed by atoms with Gasteiger partial charge in [0.1, 0.15) is 11.5 Å². The number of ether oxygens (including phenoxy) is 2. The normalized spacial score (nSPS) is 10.9. The molecule has 1 aromatic heterocycles. The zero-order chi connectivity index (χ0) is 20.8. The van der Waals surface area contributed by atoms with Crippen molar-refractivity contribution in [2.75, 3.05) is 14.2 Å². The van der Waals surface area contributed by atoms with E-state index in [1.165, 1.54) is 6.21 Å². The minimum atomic E-state index is -0.441. The van der Waals surface area contributed by atoms with E-state index in [1.807, 2.05) is 6.07 Å². The van der Waals surface area contributed by atoms with Gasteiger partial charge in [0.15, 0.2) is 5.69 Å². The molecule has 0 fully saturated rings. The predicted octanol–water partition coefficient (Wildman–Crippen LogP) is 4.02. The molecule has 1 amide bonds. The summed E-state index contributed by atoms with van der Waals surface area (Å²) in [6.07, 6.45) is 3.17. The molecule has 2 aromatic carbocycles. The highest BCUT2D eigenvalue weighted by molar-refractivity contribution is 6.35. The van der Waals surface area contributed by atoms with Gasteiger partial charge in [-0.05, 0) is 42.0 Å². The van der Waals surface area contributed by atoms with Gasteiger partial charge in [-0.25, -0.2) is 5.43 Å². The Kier molecular flexibility index (Phi) is 6.74. The van der Waals surface area contributed by atoms with Crippen LogP contribution < -0.4 is 14.9 Å². The molecule has 1 N–H and O–H groups in total. The molecule has 0 saturated heterocycles. The molecular formula is C20H18Cl2N4O3. The molecule has 0 bridgehead atoms. The van der Waals surface area contributed by atoms with Gasteiger partial charge >= 0.3 is 0 Å². The first-order valence-electron chi connectivity index (χ1n) is 8.53. The highest BCUT2D eigenvalue weighted by Gasteiger charge is 2.10. The van der Waals surface area contributed by atoms with Crippen LogP contribution >= 0.6 is 23.2 Å². The summed E-state index contributed by atoms with van der Waals surface area (Å²) in [6, 6.07) is 12.1. The third-order valence-electron chi connectivity index (χ3n) is 4.03. The Balaban J connectivity index is 1.65. The summed E-state index contributed by atoms with van der Waals surface area (Å²) in [6.45, 7) is 0.410. The molecule has 0 atom stereocenters. The molecule has 0 aliphatic rings. The SMILES string of the molecule is COc1ccc(OC)c(C=NNC(=O)c2ccn(Cc3ccc(Cl)cc3Cl)n2)c1. The van der Waals surface area contributed by atoms with Crippen molar-refractivity contribution in [3.05, 3.63) is 75.5 Å². The van der Waals surface area contributed by atoms with Crippen LogP contribution in [-0.2, 0) is 6.54 Å². The van der Waals surface area contributed by atoms with Crippen molar-refractivity contribution < 1.29 is 14.3 Å². The molecule has 0 saturated carbocycles. The molecule has 29 heavy (non-hydrogen) atoms. The molecule has 3 rings (SSSR count). The number of hydrogen-bond acceptors (Lipinski definition) is 5. The smallest absolute Gasteiger partial charge is 0.291 e. The molecule has 0 spiro atoms. The number of hydrazone groups is 1. The van der Waals surface area contributed by atoms with Crippen molar-refractivity contribution in [3.63, 3.8) is 0 Å². The largest absolute Gasteiger partial charge is 0.497 e. The highest BCUT2D eigenvalue weighted by atomic mass is 35.5. The van der Waals surface area contributed by atoms with Crippen molar-refractivity contribution in [1.29, 1.82) is 0 Å². The first-order chi connectivity index (χ1) is 14.0. The summed E-state index contributed by atoms with van der Waals surface area (Å²) in [7, 11) is 3.12. The summed E-state index contributed by atoms with van der Waals surface area (Å²) in [5.41, 5.74) is 4.18. The van der Waals surface area contributed by atoms with Crippen LogP contribution in [0.2, 0.25) is 10.0 Å². The Morgan fingerprint density at radius 2 is 2.00 bits per heavy atom. The van der Waals surface area contributed by atoms with E-state index in [0.29, 0.717) is 33.7 Å². The van der Waals surface area contributed by atoms with Crippen molar-refractivity contribution in [3.8, 4) is 11.5 Å². The lowest BCUT2D eigenvalue weighted by Gasteiger charge is -2.06. The van der Waals surface area contributed by atoms with Crippen LogP contribution in [0.5, 0.6) is 11.5 Å². The summed E-state index contributed by atoms with van der Waals surface area (Å²) in [5, 5.41) is 9.32. The Bertz CT molecular complexity index is 1050. The zero-order valence-corrected chi connectivity index (χ0v) is 17.2. The maximum atomic E-state index is 12.3. The summed E-state index contributed by atoms with van der Waals surface area (Å²) < 4.78 is 12.1. The van der Waals surface area contributed by atoms with Crippen molar-refractivity contribution in [2.45, 2.75) is 6.54 Å². The lowest BCUT2D eigenvalue weighted by molar-refractivity contribution is 0.0949. The van der Waals surface area contributed by atoms with E-state index in [-0.39, 0.29) is 5.69 Å². The third kappa shape index (κ3) is 5.28. The number of carbonyl (C=O) groups is 1. The highest BCUT2D eigenvalue weighted by Crippen LogP contribution is 2.23. The Morgan fingerprint density at radius 1 is 1.17 bits per heavy atom. The number of amides is 1. The second-order valence-electron chi connectivity index (χ2n) is 5.94. The van der Waals surface area contributed by atoms with Gasteiger partial charge in [0, 0.05) is 21.8 Å². The number of nitrogens with one attached hydrogen (secondary N) is 1. The van der Waals surface area contributed by atoms with Crippen molar-refractivity contribution >= 4 is 35.3 Å². The average molecular weight is 433 g/mol. The number of methoxy groups -OCH3 is 2. The molecular weight excluding hydrogens is 415 g/mol. The molecule has 9 heteroatoms. The minimum Gasteiger partial charge on any atom is -0.497 e. The van der Waals surface area contributed by atoms with Crippen LogP contribution in [0.25, 0.3) is 0 Å².